The van der Waals surface area contributed by atoms with Crippen LogP contribution in [0.4, 0.5) is 5.82 Å². The van der Waals surface area contributed by atoms with Crippen molar-refractivity contribution in [2.45, 2.75) is 142 Å². The van der Waals surface area contributed by atoms with E-state index in [0.29, 0.717) is 142 Å². The van der Waals surface area contributed by atoms with Gasteiger partial charge in [0.2, 0.25) is 23.6 Å². The fraction of sp³-hybridized carbons (Fsp3) is 0.767. The number of carbonyl (C=O) groups is 6. The molecule has 25 heteroatoms. The van der Waals surface area contributed by atoms with Gasteiger partial charge in [-0.1, -0.05) is 13.3 Å². The van der Waals surface area contributed by atoms with Gasteiger partial charge in [-0.15, -0.1) is 11.3 Å². The third-order valence-electron chi connectivity index (χ3n) is 15.2. The number of nitrogens with two attached hydrogens (primary N) is 1. The highest BCUT2D eigenvalue weighted by atomic mass is 32.1. The quantitative estimate of drug-likeness (QED) is 0.0493. The average molecular weight is 1220 g/mol. The SMILES string of the molecule is CCCCc1nc2c(N)nc3cc(C4CCN(C(=O)CCOCCOCCOCCOCCOCCOCCOCCNC(=O)[C@H](CCC(=O)OC(C)(C)C)NC(=O)CCC(=O)N5CCC(C(=O)OC)CC5)CC4)sc3c2n1CC1CCOCC1. The Kier molecular flexibility index (Phi) is 30.5. The molecule has 85 heavy (non-hydrogen) atoms. The van der Waals surface area contributed by atoms with Crippen LogP contribution in [0.3, 0.4) is 0 Å². The summed E-state index contributed by atoms with van der Waals surface area (Å²) < 4.78 is 58.6. The van der Waals surface area contributed by atoms with Gasteiger partial charge < -0.3 is 78.1 Å². The molecule has 3 aliphatic rings. The molecule has 6 rings (SSSR count). The molecule has 0 unspecified atom stereocenters. The van der Waals surface area contributed by atoms with E-state index in [2.05, 4.69) is 28.2 Å². The molecule has 4 N–H and O–H groups in total. The van der Waals surface area contributed by atoms with Crippen LogP contribution < -0.4 is 16.4 Å². The maximum atomic E-state index is 13.1. The summed E-state index contributed by atoms with van der Waals surface area (Å²) in [5.74, 6) is 0.378. The van der Waals surface area contributed by atoms with Crippen molar-refractivity contribution in [3.8, 4) is 0 Å². The summed E-state index contributed by atoms with van der Waals surface area (Å²) in [6, 6.07) is 1.19. The molecule has 0 spiro atoms. The van der Waals surface area contributed by atoms with E-state index in [0.717, 1.165) is 91.8 Å². The van der Waals surface area contributed by atoms with Crippen molar-refractivity contribution in [2.24, 2.45) is 11.8 Å². The number of anilines is 1. The number of rotatable bonds is 39. The van der Waals surface area contributed by atoms with Gasteiger partial charge in [0.05, 0.1) is 128 Å². The highest BCUT2D eigenvalue weighted by Crippen LogP contribution is 2.41. The number of nitrogen functional groups attached to an aromatic ring is 1. The minimum Gasteiger partial charge on any atom is -0.469 e. The zero-order valence-electron chi connectivity index (χ0n) is 51.1. The summed E-state index contributed by atoms with van der Waals surface area (Å²) in [5.41, 5.74) is 8.76. The molecule has 4 amide bonds. The molecule has 0 bridgehead atoms. The van der Waals surface area contributed by atoms with E-state index in [-0.39, 0.29) is 69.1 Å². The van der Waals surface area contributed by atoms with Crippen LogP contribution in [0.1, 0.15) is 128 Å². The highest BCUT2D eigenvalue weighted by Gasteiger charge is 2.31. The third kappa shape index (κ3) is 24.2. The first-order valence-electron chi connectivity index (χ1n) is 30.8. The number of amides is 4. The van der Waals surface area contributed by atoms with E-state index in [1.165, 1.54) is 12.0 Å². The van der Waals surface area contributed by atoms with Gasteiger partial charge in [0.15, 0.2) is 5.82 Å². The minimum atomic E-state index is -1.03. The van der Waals surface area contributed by atoms with E-state index < -0.39 is 29.4 Å². The molecule has 3 aromatic rings. The topological polar surface area (TPSA) is 282 Å². The van der Waals surface area contributed by atoms with Crippen LogP contribution in [0, 0.1) is 11.8 Å². The van der Waals surface area contributed by atoms with Crippen molar-refractivity contribution in [1.82, 2.24) is 35.0 Å². The van der Waals surface area contributed by atoms with Crippen LogP contribution in [0.15, 0.2) is 6.07 Å². The van der Waals surface area contributed by atoms with E-state index >= 15 is 0 Å². The monoisotopic (exact) mass is 1220 g/mol. The molecule has 0 saturated carbocycles. The van der Waals surface area contributed by atoms with Crippen molar-refractivity contribution >= 4 is 74.0 Å². The first kappa shape index (κ1) is 69.0. The molecule has 3 aliphatic heterocycles. The van der Waals surface area contributed by atoms with Crippen molar-refractivity contribution in [3.63, 3.8) is 0 Å². The fourth-order valence-corrected chi connectivity index (χ4v) is 11.8. The van der Waals surface area contributed by atoms with Gasteiger partial charge in [0.25, 0.3) is 0 Å². The number of hydrogen-bond donors (Lipinski definition) is 3. The predicted octanol–water partition coefficient (Wildman–Crippen LogP) is 5.12. The van der Waals surface area contributed by atoms with E-state index in [1.807, 2.05) is 16.2 Å². The lowest BCUT2D eigenvalue weighted by atomic mass is 9.95. The zero-order chi connectivity index (χ0) is 60.8. The van der Waals surface area contributed by atoms with E-state index in [1.54, 1.807) is 25.7 Å². The molecule has 3 fully saturated rings. The maximum Gasteiger partial charge on any atom is 0.308 e. The largest absolute Gasteiger partial charge is 0.469 e. The molecule has 3 saturated heterocycles. The number of pyridine rings is 1. The van der Waals surface area contributed by atoms with Gasteiger partial charge in [0.1, 0.15) is 23.0 Å². The Morgan fingerprint density at radius 1 is 0.718 bits per heavy atom. The molecule has 6 heterocycles. The number of esters is 2. The number of imidazole rings is 1. The number of hydrogen-bond acceptors (Lipinski definition) is 20. The zero-order valence-corrected chi connectivity index (χ0v) is 51.9. The number of likely N-dealkylation sites (tertiary alicyclic amines) is 2. The van der Waals surface area contributed by atoms with Crippen LogP contribution in [0.25, 0.3) is 21.3 Å². The maximum absolute atomic E-state index is 13.1. The van der Waals surface area contributed by atoms with Gasteiger partial charge in [-0.25, -0.2) is 9.97 Å². The van der Waals surface area contributed by atoms with Gasteiger partial charge in [-0.3, -0.25) is 28.8 Å². The normalized spacial score (nSPS) is 16.1. The van der Waals surface area contributed by atoms with Gasteiger partial charge >= 0.3 is 11.9 Å². The lowest BCUT2D eigenvalue weighted by Crippen LogP contribution is -2.48. The number of ether oxygens (including phenoxy) is 10. The number of unbranched alkanes of at least 4 members (excludes halogenated alkanes) is 1. The number of piperidine rings is 2. The summed E-state index contributed by atoms with van der Waals surface area (Å²) in [5, 5.41) is 5.40. The Morgan fingerprint density at radius 2 is 1.27 bits per heavy atom. The Labute approximate surface area is 504 Å². The first-order valence-corrected chi connectivity index (χ1v) is 31.6. The van der Waals surface area contributed by atoms with E-state index in [9.17, 15) is 28.8 Å². The molecule has 478 valence electrons. The third-order valence-corrected chi connectivity index (χ3v) is 16.5. The number of thiophene rings is 1. The Morgan fingerprint density at radius 3 is 1.84 bits per heavy atom. The summed E-state index contributed by atoms with van der Waals surface area (Å²) in [7, 11) is 1.34. The first-order chi connectivity index (χ1) is 41.1. The average Bonchev–Trinajstić information content (AvgIpc) is 1.79. The molecule has 0 radical (unpaired) electrons. The van der Waals surface area contributed by atoms with Crippen molar-refractivity contribution < 1.29 is 76.1 Å². The van der Waals surface area contributed by atoms with Crippen molar-refractivity contribution in [1.29, 1.82) is 0 Å². The Bertz CT molecular complexity index is 2520. The number of aromatic nitrogens is 3. The van der Waals surface area contributed by atoms with E-state index in [4.69, 9.17) is 63.1 Å². The molecular formula is C60H96N8O16S. The summed E-state index contributed by atoms with van der Waals surface area (Å²) >= 11 is 1.82. The Hall–Kier alpha value is -5.12. The molecule has 3 aromatic heterocycles. The predicted molar refractivity (Wildman–Crippen MR) is 319 cm³/mol. The van der Waals surface area contributed by atoms with Crippen LogP contribution in [0.2, 0.25) is 0 Å². The molecule has 1 atom stereocenters. The second-order valence-electron chi connectivity index (χ2n) is 22.8. The second kappa shape index (κ2) is 37.5. The van der Waals surface area contributed by atoms with Crippen LogP contribution >= 0.6 is 11.3 Å². The number of methoxy groups -OCH3 is 1. The number of fused-ring (bicyclic) bond motifs is 3. The summed E-state index contributed by atoms with van der Waals surface area (Å²) in [6.07, 6.45) is 8.06. The molecular weight excluding hydrogens is 1120 g/mol. The van der Waals surface area contributed by atoms with Gasteiger partial charge in [-0.2, -0.15) is 0 Å². The Balaban J connectivity index is 0.714. The van der Waals surface area contributed by atoms with Crippen molar-refractivity contribution in [2.75, 3.05) is 151 Å². The lowest BCUT2D eigenvalue weighted by molar-refractivity contribution is -0.155. The summed E-state index contributed by atoms with van der Waals surface area (Å²) in [6.45, 7) is 17.6. The fourth-order valence-electron chi connectivity index (χ4n) is 10.5. The number of nitrogens with one attached hydrogen (secondary N) is 2. The van der Waals surface area contributed by atoms with Crippen LogP contribution in [-0.2, 0) is 89.1 Å². The summed E-state index contributed by atoms with van der Waals surface area (Å²) in [4.78, 5) is 90.9. The molecule has 0 aliphatic carbocycles. The number of nitrogens with zero attached hydrogens (tertiary/aromatic N) is 5. The number of aryl methyl sites for hydroxylation is 1. The smallest absolute Gasteiger partial charge is 0.308 e. The minimum absolute atomic E-state index is 0.00482. The van der Waals surface area contributed by atoms with Crippen LogP contribution in [-0.4, -0.2) is 217 Å². The second-order valence-corrected chi connectivity index (χ2v) is 23.8. The van der Waals surface area contributed by atoms with Crippen LogP contribution in [0.5, 0.6) is 0 Å². The van der Waals surface area contributed by atoms with Gasteiger partial charge in [0, 0.05) is 83.0 Å². The highest BCUT2D eigenvalue weighted by molar-refractivity contribution is 7.20. The lowest BCUT2D eigenvalue weighted by Gasteiger charge is -2.31. The van der Waals surface area contributed by atoms with Crippen molar-refractivity contribution in [3.05, 3.63) is 16.8 Å². The standard InChI is InChI=1S/C60H96N8O16S/c1-6-7-8-49-65-54-55(68(49)42-43-17-25-76-26-18-43)56-47(64-57(54)61)41-48(85-56)44-13-21-67(22-14-44)52(71)19-27-77-29-31-79-33-35-81-37-39-83-40-38-82-36-34-80-32-30-78-28-20-62-58(73)46(9-12-53(72)84-60(2,3)4)63-50(69)10-11-51(70)66-23-15-45(16-24-66)59(74)75-5/h41,43-46H,6-40,42H2,1-5H3,(H2,61,64)(H,62,73)(H,63,69)/t46-/m0/s1. The molecule has 24 nitrogen and oxygen atoms in total. The van der Waals surface area contributed by atoms with Gasteiger partial charge in [-0.05, 0) is 90.0 Å². The number of carbonyl (C=O) groups excluding carboxylic acids is 6. The molecule has 0 aromatic carbocycles.